The summed E-state index contributed by atoms with van der Waals surface area (Å²) in [6.45, 7) is 2.44. The van der Waals surface area contributed by atoms with Gasteiger partial charge in [-0.2, -0.15) is 0 Å². The van der Waals surface area contributed by atoms with E-state index < -0.39 is 9.84 Å². The molecule has 0 aliphatic heterocycles. The van der Waals surface area contributed by atoms with Crippen molar-refractivity contribution in [1.82, 2.24) is 0 Å². The van der Waals surface area contributed by atoms with E-state index in [9.17, 15) is 8.42 Å². The molecule has 1 atom stereocenters. The van der Waals surface area contributed by atoms with Gasteiger partial charge in [0.15, 0.2) is 0 Å². The minimum absolute atomic E-state index is 0.0438. The van der Waals surface area contributed by atoms with Crippen LogP contribution >= 0.6 is 0 Å². The highest BCUT2D eigenvalue weighted by Gasteiger charge is 2.10. The molecule has 0 aromatic rings. The SMILES string of the molecule is CCCC1=CCC(OCCS(C)(=O)=O)C=C1. The van der Waals surface area contributed by atoms with Crippen molar-refractivity contribution in [3.63, 3.8) is 0 Å². The van der Waals surface area contributed by atoms with Gasteiger partial charge in [0, 0.05) is 6.26 Å². The van der Waals surface area contributed by atoms with Crippen LogP contribution in [0.2, 0.25) is 0 Å². The molecule has 92 valence electrons. The van der Waals surface area contributed by atoms with Gasteiger partial charge < -0.3 is 4.74 Å². The second kappa shape index (κ2) is 6.21. The molecule has 0 spiro atoms. The van der Waals surface area contributed by atoms with Crippen LogP contribution in [0, 0.1) is 0 Å². The number of hydrogen-bond donors (Lipinski definition) is 0. The van der Waals surface area contributed by atoms with E-state index in [1.807, 2.05) is 6.08 Å². The molecule has 1 rings (SSSR count). The average molecular weight is 244 g/mol. The van der Waals surface area contributed by atoms with Crippen molar-refractivity contribution in [2.24, 2.45) is 0 Å². The summed E-state index contributed by atoms with van der Waals surface area (Å²) in [4.78, 5) is 0. The zero-order valence-corrected chi connectivity index (χ0v) is 10.8. The van der Waals surface area contributed by atoms with Crippen LogP contribution in [0.4, 0.5) is 0 Å². The summed E-state index contributed by atoms with van der Waals surface area (Å²) in [7, 11) is -2.91. The first-order valence-corrected chi connectivity index (χ1v) is 7.74. The van der Waals surface area contributed by atoms with Gasteiger partial charge in [-0.3, -0.25) is 0 Å². The molecule has 4 heteroatoms. The fraction of sp³-hybridized carbons (Fsp3) is 0.667. The summed E-state index contributed by atoms with van der Waals surface area (Å²) in [6, 6.07) is 0. The Kier molecular flexibility index (Phi) is 5.22. The first-order chi connectivity index (χ1) is 7.51. The molecular weight excluding hydrogens is 224 g/mol. The van der Waals surface area contributed by atoms with Gasteiger partial charge in [0.1, 0.15) is 9.84 Å². The molecule has 0 aromatic heterocycles. The lowest BCUT2D eigenvalue weighted by atomic mass is 10.0. The normalized spacial score (nSPS) is 20.9. The fourth-order valence-electron chi connectivity index (χ4n) is 1.59. The smallest absolute Gasteiger partial charge is 0.149 e. The quantitative estimate of drug-likeness (QED) is 0.718. The van der Waals surface area contributed by atoms with Gasteiger partial charge in [0.2, 0.25) is 0 Å². The van der Waals surface area contributed by atoms with Crippen LogP contribution in [0.25, 0.3) is 0 Å². The number of sulfone groups is 1. The Morgan fingerprint density at radius 1 is 1.50 bits per heavy atom. The van der Waals surface area contributed by atoms with Crippen molar-refractivity contribution < 1.29 is 13.2 Å². The predicted molar refractivity (Wildman–Crippen MR) is 66.2 cm³/mol. The first kappa shape index (κ1) is 13.5. The minimum atomic E-state index is -2.91. The Labute approximate surface area is 98.1 Å². The highest BCUT2D eigenvalue weighted by molar-refractivity contribution is 7.90. The maximum absolute atomic E-state index is 10.9. The maximum atomic E-state index is 10.9. The van der Waals surface area contributed by atoms with Crippen molar-refractivity contribution in [2.75, 3.05) is 18.6 Å². The number of hydrogen-bond acceptors (Lipinski definition) is 3. The molecule has 0 amide bonds. The second-order valence-electron chi connectivity index (χ2n) is 4.16. The molecule has 0 bridgehead atoms. The lowest BCUT2D eigenvalue weighted by molar-refractivity contribution is 0.0988. The molecule has 0 aromatic carbocycles. The van der Waals surface area contributed by atoms with Crippen molar-refractivity contribution in [1.29, 1.82) is 0 Å². The van der Waals surface area contributed by atoms with Crippen LogP contribution in [0.15, 0.2) is 23.8 Å². The molecule has 0 fully saturated rings. The standard InChI is InChI=1S/C12H20O3S/c1-3-4-11-5-7-12(8-6-11)15-9-10-16(2,13)14/h5-7,12H,3-4,8-10H2,1-2H3. The van der Waals surface area contributed by atoms with Crippen molar-refractivity contribution >= 4 is 9.84 Å². The first-order valence-electron chi connectivity index (χ1n) is 5.68. The van der Waals surface area contributed by atoms with E-state index in [0.29, 0.717) is 0 Å². The summed E-state index contributed by atoms with van der Waals surface area (Å²) in [6.07, 6.45) is 10.7. The third-order valence-electron chi connectivity index (χ3n) is 2.46. The monoisotopic (exact) mass is 244 g/mol. The molecule has 0 saturated carbocycles. The molecule has 16 heavy (non-hydrogen) atoms. The highest BCUT2D eigenvalue weighted by atomic mass is 32.2. The van der Waals surface area contributed by atoms with Crippen LogP contribution in [-0.2, 0) is 14.6 Å². The van der Waals surface area contributed by atoms with Gasteiger partial charge in [-0.05, 0) is 12.8 Å². The lowest BCUT2D eigenvalue weighted by Gasteiger charge is -2.16. The third kappa shape index (κ3) is 5.47. The molecule has 1 aliphatic rings. The Morgan fingerprint density at radius 3 is 2.75 bits per heavy atom. The molecule has 1 aliphatic carbocycles. The summed E-state index contributed by atoms with van der Waals surface area (Å²) < 4.78 is 27.3. The van der Waals surface area contributed by atoms with E-state index in [2.05, 4.69) is 19.1 Å². The number of allylic oxidation sites excluding steroid dienone is 2. The van der Waals surface area contributed by atoms with Gasteiger partial charge in [0.05, 0.1) is 18.5 Å². The van der Waals surface area contributed by atoms with Gasteiger partial charge in [-0.15, -0.1) is 0 Å². The number of ether oxygens (including phenoxy) is 1. The van der Waals surface area contributed by atoms with Gasteiger partial charge in [0.25, 0.3) is 0 Å². The molecule has 0 N–H and O–H groups in total. The van der Waals surface area contributed by atoms with E-state index >= 15 is 0 Å². The Bertz CT molecular complexity index is 366. The van der Waals surface area contributed by atoms with Crippen LogP contribution in [-0.4, -0.2) is 33.1 Å². The van der Waals surface area contributed by atoms with E-state index in [1.54, 1.807) is 0 Å². The Balaban J connectivity index is 2.26. The molecule has 1 unspecified atom stereocenters. The molecule has 0 heterocycles. The zero-order valence-electron chi connectivity index (χ0n) is 9.98. The van der Waals surface area contributed by atoms with Crippen LogP contribution in [0.3, 0.4) is 0 Å². The number of rotatable bonds is 6. The molecule has 3 nitrogen and oxygen atoms in total. The lowest BCUT2D eigenvalue weighted by Crippen LogP contribution is -2.17. The molecule has 0 radical (unpaired) electrons. The van der Waals surface area contributed by atoms with Crippen LogP contribution in [0.1, 0.15) is 26.2 Å². The average Bonchev–Trinajstić information content (AvgIpc) is 2.19. The summed E-state index contributed by atoms with van der Waals surface area (Å²) in [5, 5.41) is 0. The summed E-state index contributed by atoms with van der Waals surface area (Å²) in [5.74, 6) is 0.100. The summed E-state index contributed by atoms with van der Waals surface area (Å²) >= 11 is 0. The Hall–Kier alpha value is -0.610. The maximum Gasteiger partial charge on any atom is 0.149 e. The van der Waals surface area contributed by atoms with Gasteiger partial charge >= 0.3 is 0 Å². The van der Waals surface area contributed by atoms with Gasteiger partial charge in [-0.25, -0.2) is 8.42 Å². The fourth-order valence-corrected chi connectivity index (χ4v) is 1.99. The topological polar surface area (TPSA) is 43.4 Å². The van der Waals surface area contributed by atoms with Gasteiger partial charge in [-0.1, -0.05) is 37.1 Å². The predicted octanol–water partition coefficient (Wildman–Crippen LogP) is 2.10. The van der Waals surface area contributed by atoms with E-state index in [0.717, 1.165) is 19.3 Å². The van der Waals surface area contributed by atoms with Crippen molar-refractivity contribution in [3.8, 4) is 0 Å². The van der Waals surface area contributed by atoms with E-state index in [1.165, 1.54) is 11.8 Å². The van der Waals surface area contributed by atoms with E-state index in [4.69, 9.17) is 4.74 Å². The highest BCUT2D eigenvalue weighted by Crippen LogP contribution is 2.16. The van der Waals surface area contributed by atoms with Crippen LogP contribution in [0.5, 0.6) is 0 Å². The molecule has 0 saturated heterocycles. The van der Waals surface area contributed by atoms with E-state index in [-0.39, 0.29) is 18.5 Å². The minimum Gasteiger partial charge on any atom is -0.373 e. The Morgan fingerprint density at radius 2 is 2.25 bits per heavy atom. The third-order valence-corrected chi connectivity index (χ3v) is 3.37. The molecular formula is C12H20O3S. The summed E-state index contributed by atoms with van der Waals surface area (Å²) in [5.41, 5.74) is 1.35. The van der Waals surface area contributed by atoms with Crippen molar-refractivity contribution in [3.05, 3.63) is 23.8 Å². The second-order valence-corrected chi connectivity index (χ2v) is 6.42. The zero-order chi connectivity index (χ0) is 12.0. The van der Waals surface area contributed by atoms with Crippen LogP contribution < -0.4 is 0 Å². The largest absolute Gasteiger partial charge is 0.373 e. The van der Waals surface area contributed by atoms with Crippen molar-refractivity contribution in [2.45, 2.75) is 32.3 Å².